The minimum atomic E-state index is -0.167. The molecule has 22 heavy (non-hydrogen) atoms. The highest BCUT2D eigenvalue weighted by Gasteiger charge is 2.25. The Morgan fingerprint density at radius 2 is 1.91 bits per heavy atom. The van der Waals surface area contributed by atoms with Crippen molar-refractivity contribution >= 4 is 22.6 Å². The van der Waals surface area contributed by atoms with Crippen LogP contribution in [0, 0.1) is 0 Å². The lowest BCUT2D eigenvalue weighted by atomic mass is 9.91. The topological polar surface area (TPSA) is 43.6 Å². The van der Waals surface area contributed by atoms with E-state index in [0.29, 0.717) is 5.69 Å². The van der Waals surface area contributed by atoms with Gasteiger partial charge >= 0.3 is 0 Å². The molecule has 0 spiro atoms. The van der Waals surface area contributed by atoms with Crippen molar-refractivity contribution in [3.05, 3.63) is 41.0 Å². The molecule has 5 heteroatoms. The van der Waals surface area contributed by atoms with Crippen molar-refractivity contribution in [2.24, 2.45) is 0 Å². The first kappa shape index (κ1) is 14.8. The first-order chi connectivity index (χ1) is 10.5. The normalized spacial score (nSPS) is 11.8. The molecule has 0 radical (unpaired) electrons. The summed E-state index contributed by atoms with van der Waals surface area (Å²) < 4.78 is 7.14. The molecule has 0 fully saturated rings. The zero-order valence-electron chi connectivity index (χ0n) is 13.1. The molecule has 0 saturated heterocycles. The second kappa shape index (κ2) is 5.25. The highest BCUT2D eigenvalue weighted by atomic mass is 32.1. The van der Waals surface area contributed by atoms with Gasteiger partial charge in [0.15, 0.2) is 11.2 Å². The zero-order chi connectivity index (χ0) is 15.9. The number of carbonyl (C=O) groups excluding carboxylic acids is 1. The Labute approximate surface area is 133 Å². The van der Waals surface area contributed by atoms with Crippen LogP contribution < -0.4 is 4.74 Å². The molecule has 0 N–H and O–H groups in total. The predicted octanol–water partition coefficient (Wildman–Crippen LogP) is 4.18. The SMILES string of the molecule is COc1ccc(-c2csc3nc(C(C)(C)C)c(C=O)n23)cc1. The number of ether oxygens (including phenoxy) is 1. The monoisotopic (exact) mass is 314 g/mol. The summed E-state index contributed by atoms with van der Waals surface area (Å²) in [4.78, 5) is 17.2. The number of carbonyl (C=O) groups is 1. The quantitative estimate of drug-likeness (QED) is 0.681. The van der Waals surface area contributed by atoms with E-state index in [1.807, 2.05) is 34.0 Å². The van der Waals surface area contributed by atoms with Gasteiger partial charge in [0.2, 0.25) is 0 Å². The molecule has 3 aromatic rings. The molecule has 114 valence electrons. The minimum Gasteiger partial charge on any atom is -0.497 e. The second-order valence-corrected chi connectivity index (χ2v) is 7.02. The maximum absolute atomic E-state index is 11.7. The van der Waals surface area contributed by atoms with Gasteiger partial charge in [-0.15, -0.1) is 11.3 Å². The third kappa shape index (κ3) is 2.31. The number of hydrogen-bond donors (Lipinski definition) is 0. The number of benzene rings is 1. The smallest absolute Gasteiger partial charge is 0.195 e. The molecule has 0 amide bonds. The van der Waals surface area contributed by atoms with Crippen LogP contribution in [-0.4, -0.2) is 22.8 Å². The van der Waals surface area contributed by atoms with Crippen molar-refractivity contribution in [1.29, 1.82) is 0 Å². The lowest BCUT2D eigenvalue weighted by molar-refractivity contribution is 0.111. The van der Waals surface area contributed by atoms with Crippen molar-refractivity contribution in [3.63, 3.8) is 0 Å². The number of hydrogen-bond acceptors (Lipinski definition) is 4. The van der Waals surface area contributed by atoms with Gasteiger partial charge in [-0.1, -0.05) is 20.8 Å². The van der Waals surface area contributed by atoms with Gasteiger partial charge in [0.05, 0.1) is 18.5 Å². The molecule has 0 bridgehead atoms. The molecule has 0 atom stereocenters. The van der Waals surface area contributed by atoms with Crippen LogP contribution in [0.5, 0.6) is 5.75 Å². The minimum absolute atomic E-state index is 0.167. The molecule has 0 aliphatic carbocycles. The fraction of sp³-hybridized carbons (Fsp3) is 0.294. The van der Waals surface area contributed by atoms with Crippen LogP contribution >= 0.6 is 11.3 Å². The molecule has 4 nitrogen and oxygen atoms in total. The third-order valence-corrected chi connectivity index (χ3v) is 4.43. The summed E-state index contributed by atoms with van der Waals surface area (Å²) in [5, 5.41) is 2.03. The Morgan fingerprint density at radius 3 is 2.45 bits per heavy atom. The summed E-state index contributed by atoms with van der Waals surface area (Å²) in [7, 11) is 1.65. The van der Waals surface area contributed by atoms with Gasteiger partial charge in [0.1, 0.15) is 11.4 Å². The molecule has 2 heterocycles. The summed E-state index contributed by atoms with van der Waals surface area (Å²) in [6.45, 7) is 6.21. The van der Waals surface area contributed by atoms with Crippen molar-refractivity contribution in [1.82, 2.24) is 9.38 Å². The average molecular weight is 314 g/mol. The maximum Gasteiger partial charge on any atom is 0.195 e. The van der Waals surface area contributed by atoms with E-state index >= 15 is 0 Å². The number of aldehydes is 1. The lowest BCUT2D eigenvalue weighted by Crippen LogP contribution is -2.14. The average Bonchev–Trinajstić information content (AvgIpc) is 3.05. The summed E-state index contributed by atoms with van der Waals surface area (Å²) in [5.41, 5.74) is 3.32. The second-order valence-electron chi connectivity index (χ2n) is 6.18. The van der Waals surface area contributed by atoms with Crippen LogP contribution in [0.4, 0.5) is 0 Å². The van der Waals surface area contributed by atoms with Crippen molar-refractivity contribution < 1.29 is 9.53 Å². The lowest BCUT2D eigenvalue weighted by Gasteiger charge is -2.16. The van der Waals surface area contributed by atoms with E-state index in [2.05, 4.69) is 25.8 Å². The van der Waals surface area contributed by atoms with E-state index in [4.69, 9.17) is 4.74 Å². The fourth-order valence-electron chi connectivity index (χ4n) is 2.50. The Morgan fingerprint density at radius 1 is 1.23 bits per heavy atom. The molecule has 0 aliphatic heterocycles. The Hall–Kier alpha value is -2.14. The zero-order valence-corrected chi connectivity index (χ0v) is 13.9. The van der Waals surface area contributed by atoms with Crippen molar-refractivity contribution in [3.8, 4) is 17.0 Å². The molecule has 2 aromatic heterocycles. The van der Waals surface area contributed by atoms with E-state index in [0.717, 1.165) is 33.9 Å². The van der Waals surface area contributed by atoms with Gasteiger partial charge in [0, 0.05) is 10.8 Å². The van der Waals surface area contributed by atoms with Crippen LogP contribution in [0.3, 0.4) is 0 Å². The molecular weight excluding hydrogens is 296 g/mol. The summed E-state index contributed by atoms with van der Waals surface area (Å²) in [6, 6.07) is 7.82. The van der Waals surface area contributed by atoms with Gasteiger partial charge in [0.25, 0.3) is 0 Å². The van der Waals surface area contributed by atoms with Gasteiger partial charge in [-0.25, -0.2) is 4.98 Å². The highest BCUT2D eigenvalue weighted by molar-refractivity contribution is 7.15. The molecule has 0 unspecified atom stereocenters. The molecular formula is C17H18N2O2S. The number of thiazole rings is 1. The number of nitrogens with zero attached hydrogens (tertiary/aromatic N) is 2. The maximum atomic E-state index is 11.7. The van der Waals surface area contributed by atoms with Gasteiger partial charge in [-0.05, 0) is 29.8 Å². The predicted molar refractivity (Wildman–Crippen MR) is 89.1 cm³/mol. The van der Waals surface area contributed by atoms with E-state index in [1.165, 1.54) is 0 Å². The molecule has 1 aromatic carbocycles. The van der Waals surface area contributed by atoms with E-state index < -0.39 is 0 Å². The number of methoxy groups -OCH3 is 1. The molecule has 0 saturated carbocycles. The molecule has 3 rings (SSSR count). The summed E-state index contributed by atoms with van der Waals surface area (Å²) in [6.07, 6.45) is 0.903. The summed E-state index contributed by atoms with van der Waals surface area (Å²) >= 11 is 1.55. The van der Waals surface area contributed by atoms with Gasteiger partial charge in [-0.2, -0.15) is 0 Å². The first-order valence-electron chi connectivity index (χ1n) is 7.05. The largest absolute Gasteiger partial charge is 0.497 e. The number of fused-ring (bicyclic) bond motifs is 1. The van der Waals surface area contributed by atoms with Crippen molar-refractivity contribution in [2.75, 3.05) is 7.11 Å². The van der Waals surface area contributed by atoms with Crippen LogP contribution in [0.25, 0.3) is 16.2 Å². The number of rotatable bonds is 3. The highest BCUT2D eigenvalue weighted by Crippen LogP contribution is 2.33. The fourth-order valence-corrected chi connectivity index (χ4v) is 3.41. The molecule has 0 aliphatic rings. The van der Waals surface area contributed by atoms with E-state index in [9.17, 15) is 4.79 Å². The Balaban J connectivity index is 2.22. The van der Waals surface area contributed by atoms with E-state index in [1.54, 1.807) is 18.4 Å². The Bertz CT molecular complexity index is 823. The number of imidazole rings is 1. The first-order valence-corrected chi connectivity index (χ1v) is 7.93. The van der Waals surface area contributed by atoms with Crippen LogP contribution in [-0.2, 0) is 5.41 Å². The number of aromatic nitrogens is 2. The summed E-state index contributed by atoms with van der Waals surface area (Å²) in [5.74, 6) is 0.812. The van der Waals surface area contributed by atoms with E-state index in [-0.39, 0.29) is 5.41 Å². The van der Waals surface area contributed by atoms with Crippen LogP contribution in [0.2, 0.25) is 0 Å². The third-order valence-electron chi connectivity index (χ3n) is 3.61. The van der Waals surface area contributed by atoms with Crippen molar-refractivity contribution in [2.45, 2.75) is 26.2 Å². The Kier molecular flexibility index (Phi) is 3.53. The van der Waals surface area contributed by atoms with Crippen LogP contribution in [0.15, 0.2) is 29.6 Å². The van der Waals surface area contributed by atoms with Gasteiger partial charge < -0.3 is 4.74 Å². The standard InChI is InChI=1S/C17H18N2O2S/c1-17(2,3)15-13(9-20)19-14(10-22-16(19)18-15)11-5-7-12(21-4)8-6-11/h5-10H,1-4H3. The van der Waals surface area contributed by atoms with Gasteiger partial charge in [-0.3, -0.25) is 9.20 Å². The van der Waals surface area contributed by atoms with Crippen LogP contribution in [0.1, 0.15) is 37.0 Å².